The molecule has 2 rings (SSSR count). The lowest BCUT2D eigenvalue weighted by atomic mass is 9.87. The van der Waals surface area contributed by atoms with Crippen molar-refractivity contribution in [3.8, 4) is 0 Å². The van der Waals surface area contributed by atoms with Crippen LogP contribution in [0, 0.1) is 11.8 Å². The van der Waals surface area contributed by atoms with Crippen LogP contribution in [0.4, 0.5) is 0 Å². The van der Waals surface area contributed by atoms with Crippen LogP contribution in [-0.2, 0) is 9.53 Å². The quantitative estimate of drug-likeness (QED) is 0.292. The molecule has 0 spiro atoms. The molecule has 4 atom stereocenters. The maximum Gasteiger partial charge on any atom is 0.234 e. The monoisotopic (exact) mass is 450 g/mol. The number of carbonyl (C=O) groups is 1. The number of aliphatic hydroxyl groups excluding tert-OH is 1. The fourth-order valence-electron chi connectivity index (χ4n) is 4.00. The highest BCUT2D eigenvalue weighted by molar-refractivity contribution is 7.99. The number of rotatable bonds is 14. The van der Waals surface area contributed by atoms with E-state index >= 15 is 0 Å². The van der Waals surface area contributed by atoms with Gasteiger partial charge in [-0.2, -0.15) is 0 Å². The standard InChI is InChI=1S/C25H42N2O3S/c1-19(2)16-24(30-23-13-8-7-10-20(23)3)22(28)17-27-25(29)18-26-14-9-15-31-21-11-5-4-6-12-21/h4-6,11-12,19-20,22-24,26,28H,7-10,13-18H2,1-3H3,(H,27,29)/t20?,22-,23?,24+/m1/s1. The number of aliphatic hydroxyl groups is 1. The van der Waals surface area contributed by atoms with Gasteiger partial charge in [0.2, 0.25) is 5.91 Å². The summed E-state index contributed by atoms with van der Waals surface area (Å²) in [5.41, 5.74) is 0. The van der Waals surface area contributed by atoms with Gasteiger partial charge in [-0.3, -0.25) is 4.79 Å². The molecule has 0 saturated heterocycles. The molecule has 1 aliphatic carbocycles. The van der Waals surface area contributed by atoms with E-state index in [1.807, 2.05) is 30.0 Å². The van der Waals surface area contributed by atoms with Crippen molar-refractivity contribution in [1.29, 1.82) is 0 Å². The first-order valence-electron chi connectivity index (χ1n) is 11.9. The second kappa shape index (κ2) is 14.9. The second-order valence-corrected chi connectivity index (χ2v) is 10.3. The molecule has 0 aliphatic heterocycles. The van der Waals surface area contributed by atoms with Gasteiger partial charge in [-0.05, 0) is 61.9 Å². The fraction of sp³-hybridized carbons (Fsp3) is 0.720. The van der Waals surface area contributed by atoms with Gasteiger partial charge in [0.15, 0.2) is 0 Å². The number of nitrogens with one attached hydrogen (secondary N) is 2. The largest absolute Gasteiger partial charge is 0.389 e. The molecule has 3 N–H and O–H groups in total. The molecule has 5 nitrogen and oxygen atoms in total. The molecule has 0 bridgehead atoms. The van der Waals surface area contributed by atoms with Crippen molar-refractivity contribution >= 4 is 17.7 Å². The zero-order valence-electron chi connectivity index (χ0n) is 19.5. The van der Waals surface area contributed by atoms with Crippen molar-refractivity contribution in [2.75, 3.05) is 25.4 Å². The van der Waals surface area contributed by atoms with Crippen molar-refractivity contribution in [3.05, 3.63) is 30.3 Å². The van der Waals surface area contributed by atoms with E-state index in [0.29, 0.717) is 11.8 Å². The molecule has 31 heavy (non-hydrogen) atoms. The minimum absolute atomic E-state index is 0.0795. The topological polar surface area (TPSA) is 70.6 Å². The minimum Gasteiger partial charge on any atom is -0.389 e. The Morgan fingerprint density at radius 3 is 2.68 bits per heavy atom. The highest BCUT2D eigenvalue weighted by Crippen LogP contribution is 2.29. The van der Waals surface area contributed by atoms with E-state index in [1.165, 1.54) is 24.2 Å². The third-order valence-electron chi connectivity index (χ3n) is 5.82. The van der Waals surface area contributed by atoms with Crippen molar-refractivity contribution < 1.29 is 14.6 Å². The Morgan fingerprint density at radius 1 is 1.23 bits per heavy atom. The number of hydrogen-bond acceptors (Lipinski definition) is 5. The van der Waals surface area contributed by atoms with Gasteiger partial charge in [0.25, 0.3) is 0 Å². The van der Waals surface area contributed by atoms with Gasteiger partial charge >= 0.3 is 0 Å². The van der Waals surface area contributed by atoms with Gasteiger partial charge < -0.3 is 20.5 Å². The normalized spacial score (nSPS) is 21.1. The van der Waals surface area contributed by atoms with Crippen molar-refractivity contribution in [2.45, 2.75) is 82.5 Å². The van der Waals surface area contributed by atoms with E-state index < -0.39 is 6.10 Å². The molecule has 1 amide bonds. The maximum absolute atomic E-state index is 12.2. The molecule has 1 saturated carbocycles. The lowest BCUT2D eigenvalue weighted by Gasteiger charge is -2.35. The molecule has 1 fully saturated rings. The predicted molar refractivity (Wildman–Crippen MR) is 129 cm³/mol. The zero-order chi connectivity index (χ0) is 22.5. The summed E-state index contributed by atoms with van der Waals surface area (Å²) in [5, 5.41) is 16.8. The maximum atomic E-state index is 12.2. The molecule has 2 unspecified atom stereocenters. The molecular weight excluding hydrogens is 408 g/mol. The van der Waals surface area contributed by atoms with E-state index in [0.717, 1.165) is 31.6 Å². The number of hydrogen-bond donors (Lipinski definition) is 3. The third-order valence-corrected chi connectivity index (χ3v) is 6.92. The first-order chi connectivity index (χ1) is 15.0. The number of amides is 1. The number of carbonyl (C=O) groups excluding carboxylic acids is 1. The Bertz CT molecular complexity index is 614. The van der Waals surface area contributed by atoms with Crippen molar-refractivity contribution in [2.24, 2.45) is 11.8 Å². The van der Waals surface area contributed by atoms with Gasteiger partial charge in [0.1, 0.15) is 0 Å². The molecule has 6 heteroatoms. The van der Waals surface area contributed by atoms with Gasteiger partial charge in [-0.25, -0.2) is 0 Å². The molecule has 1 aromatic rings. The zero-order valence-corrected chi connectivity index (χ0v) is 20.3. The van der Waals surface area contributed by atoms with E-state index in [4.69, 9.17) is 4.74 Å². The van der Waals surface area contributed by atoms with Crippen LogP contribution in [0.5, 0.6) is 0 Å². The summed E-state index contributed by atoms with van der Waals surface area (Å²) in [5.74, 6) is 1.91. The fourth-order valence-corrected chi connectivity index (χ4v) is 4.87. The molecule has 0 heterocycles. The Morgan fingerprint density at radius 2 is 1.97 bits per heavy atom. The van der Waals surface area contributed by atoms with Gasteiger partial charge in [-0.1, -0.05) is 51.8 Å². The molecule has 0 aromatic heterocycles. The summed E-state index contributed by atoms with van der Waals surface area (Å²) in [6, 6.07) is 10.3. The summed E-state index contributed by atoms with van der Waals surface area (Å²) in [6.07, 6.45) is 5.85. The van der Waals surface area contributed by atoms with Crippen LogP contribution in [0.1, 0.15) is 59.3 Å². The third kappa shape index (κ3) is 10.9. The lowest BCUT2D eigenvalue weighted by molar-refractivity contribution is -0.124. The highest BCUT2D eigenvalue weighted by Gasteiger charge is 2.29. The van der Waals surface area contributed by atoms with Crippen LogP contribution in [0.2, 0.25) is 0 Å². The summed E-state index contributed by atoms with van der Waals surface area (Å²) in [4.78, 5) is 13.4. The molecular formula is C25H42N2O3S. The van der Waals surface area contributed by atoms with Crippen LogP contribution < -0.4 is 10.6 Å². The van der Waals surface area contributed by atoms with Gasteiger partial charge in [0, 0.05) is 11.4 Å². The Hall–Kier alpha value is -1.08. The summed E-state index contributed by atoms with van der Waals surface area (Å²) in [6.45, 7) is 7.85. The van der Waals surface area contributed by atoms with Gasteiger partial charge in [0.05, 0.1) is 24.9 Å². The van der Waals surface area contributed by atoms with Crippen LogP contribution in [-0.4, -0.2) is 54.7 Å². The highest BCUT2D eigenvalue weighted by atomic mass is 32.2. The Balaban J connectivity index is 1.62. The predicted octanol–water partition coefficient (Wildman–Crippen LogP) is 4.25. The van der Waals surface area contributed by atoms with Crippen LogP contribution >= 0.6 is 11.8 Å². The molecule has 0 radical (unpaired) electrons. The summed E-state index contributed by atoms with van der Waals surface area (Å²) >= 11 is 1.83. The Kier molecular flexibility index (Phi) is 12.6. The van der Waals surface area contributed by atoms with Crippen molar-refractivity contribution in [3.63, 3.8) is 0 Å². The van der Waals surface area contributed by atoms with E-state index in [1.54, 1.807) is 0 Å². The first kappa shape index (κ1) is 26.2. The lowest BCUT2D eigenvalue weighted by Crippen LogP contribution is -2.45. The average molecular weight is 451 g/mol. The van der Waals surface area contributed by atoms with E-state index in [9.17, 15) is 9.90 Å². The number of ether oxygens (including phenoxy) is 1. The van der Waals surface area contributed by atoms with Crippen molar-refractivity contribution in [1.82, 2.24) is 10.6 Å². The van der Waals surface area contributed by atoms with Crippen LogP contribution in [0.15, 0.2) is 35.2 Å². The minimum atomic E-state index is -0.678. The van der Waals surface area contributed by atoms with E-state index in [2.05, 4.69) is 43.5 Å². The summed E-state index contributed by atoms with van der Waals surface area (Å²) < 4.78 is 6.35. The Labute approximate surface area is 193 Å². The second-order valence-electron chi connectivity index (χ2n) is 9.17. The van der Waals surface area contributed by atoms with E-state index in [-0.39, 0.29) is 31.2 Å². The van der Waals surface area contributed by atoms with Crippen LogP contribution in [0.3, 0.4) is 0 Å². The molecule has 176 valence electrons. The number of thioether (sulfide) groups is 1. The average Bonchev–Trinajstić information content (AvgIpc) is 2.76. The van der Waals surface area contributed by atoms with Crippen LogP contribution in [0.25, 0.3) is 0 Å². The summed E-state index contributed by atoms with van der Waals surface area (Å²) in [7, 11) is 0. The smallest absolute Gasteiger partial charge is 0.234 e. The molecule has 1 aromatic carbocycles. The SMILES string of the molecule is CC(C)C[C@H](OC1CCCCC1C)[C@H](O)CNC(=O)CNCCCSc1ccccc1. The van der Waals surface area contributed by atoms with Gasteiger partial charge in [-0.15, -0.1) is 11.8 Å². The molecule has 1 aliphatic rings. The first-order valence-corrected chi connectivity index (χ1v) is 12.9. The number of benzene rings is 1.